The van der Waals surface area contributed by atoms with Crippen LogP contribution in [0.25, 0.3) is 0 Å². The molecule has 2 rings (SSSR count). The van der Waals surface area contributed by atoms with Gasteiger partial charge in [-0.3, -0.25) is 9.59 Å². The van der Waals surface area contributed by atoms with Gasteiger partial charge in [0, 0.05) is 5.69 Å². The summed E-state index contributed by atoms with van der Waals surface area (Å²) in [6.45, 7) is 6.11. The van der Waals surface area contributed by atoms with Gasteiger partial charge >= 0.3 is 11.8 Å². The number of methoxy groups -OCH3 is 1. The molecule has 0 aromatic heterocycles. The van der Waals surface area contributed by atoms with Gasteiger partial charge in [-0.05, 0) is 55.7 Å². The summed E-state index contributed by atoms with van der Waals surface area (Å²) in [5, 5.41) is 5.03. The molecule has 0 aliphatic heterocycles. The van der Waals surface area contributed by atoms with Crippen molar-refractivity contribution in [3.05, 3.63) is 53.3 Å². The Bertz CT molecular complexity index is 886. The summed E-state index contributed by atoms with van der Waals surface area (Å²) in [6, 6.07) is 9.18. The Balaban J connectivity index is 1.98. The van der Waals surface area contributed by atoms with E-state index in [1.165, 1.54) is 18.2 Å². The number of anilines is 1. The van der Waals surface area contributed by atoms with Crippen LogP contribution in [0.3, 0.4) is 0 Å². The zero-order chi connectivity index (χ0) is 22.1. The molecule has 1 atom stereocenters. The Morgan fingerprint density at radius 3 is 2.50 bits per heavy atom. The molecular weight excluding hydrogens is 387 g/mol. The first kappa shape index (κ1) is 23.2. The second-order valence-corrected chi connectivity index (χ2v) is 7.08. The summed E-state index contributed by atoms with van der Waals surface area (Å²) in [5.41, 5.74) is 1.44. The van der Waals surface area contributed by atoms with Crippen molar-refractivity contribution in [3.63, 3.8) is 0 Å². The van der Waals surface area contributed by atoms with Crippen molar-refractivity contribution in [2.75, 3.05) is 19.0 Å². The predicted octanol–water partition coefficient (Wildman–Crippen LogP) is 4.53. The van der Waals surface area contributed by atoms with Crippen LogP contribution in [-0.4, -0.2) is 25.5 Å². The van der Waals surface area contributed by atoms with Crippen LogP contribution in [0.5, 0.6) is 11.5 Å². The zero-order valence-electron chi connectivity index (χ0n) is 17.9. The standard InChI is InChI=1S/C23H29FN2O4/c1-5-6-7-12-30-20-11-9-17(13-21(20)29-4)16(3)25-22(27)23(28)26-18-10-8-15(2)19(24)14-18/h8-11,13-14,16H,5-7,12H2,1-4H3,(H,25,27)(H,26,28). The van der Waals surface area contributed by atoms with Crippen LogP contribution in [0.2, 0.25) is 0 Å². The molecule has 2 aromatic carbocycles. The third-order valence-electron chi connectivity index (χ3n) is 4.68. The molecular formula is C23H29FN2O4. The molecule has 2 amide bonds. The summed E-state index contributed by atoms with van der Waals surface area (Å²) in [5.74, 6) is -0.944. The highest BCUT2D eigenvalue weighted by Gasteiger charge is 2.19. The first-order chi connectivity index (χ1) is 14.3. The summed E-state index contributed by atoms with van der Waals surface area (Å²) in [6.07, 6.45) is 3.18. The van der Waals surface area contributed by atoms with Crippen molar-refractivity contribution < 1.29 is 23.5 Å². The van der Waals surface area contributed by atoms with E-state index in [0.29, 0.717) is 23.7 Å². The molecule has 0 aliphatic carbocycles. The molecule has 30 heavy (non-hydrogen) atoms. The summed E-state index contributed by atoms with van der Waals surface area (Å²) >= 11 is 0. The fourth-order valence-electron chi connectivity index (χ4n) is 2.81. The highest BCUT2D eigenvalue weighted by molar-refractivity contribution is 6.39. The third-order valence-corrected chi connectivity index (χ3v) is 4.68. The maximum atomic E-state index is 13.6. The van der Waals surface area contributed by atoms with E-state index in [9.17, 15) is 14.0 Å². The van der Waals surface area contributed by atoms with Crippen molar-refractivity contribution in [3.8, 4) is 11.5 Å². The van der Waals surface area contributed by atoms with Crippen LogP contribution in [0.1, 0.15) is 50.3 Å². The van der Waals surface area contributed by atoms with E-state index in [1.54, 1.807) is 33.1 Å². The van der Waals surface area contributed by atoms with Crippen LogP contribution < -0.4 is 20.1 Å². The van der Waals surface area contributed by atoms with Crippen molar-refractivity contribution in [1.29, 1.82) is 0 Å². The number of halogens is 1. The van der Waals surface area contributed by atoms with Crippen molar-refractivity contribution in [2.45, 2.75) is 46.1 Å². The smallest absolute Gasteiger partial charge is 0.313 e. The van der Waals surface area contributed by atoms with Gasteiger partial charge in [-0.2, -0.15) is 0 Å². The molecule has 162 valence electrons. The minimum atomic E-state index is -0.868. The fourth-order valence-corrected chi connectivity index (χ4v) is 2.81. The molecule has 2 N–H and O–H groups in total. The molecule has 7 heteroatoms. The highest BCUT2D eigenvalue weighted by Crippen LogP contribution is 2.30. The Morgan fingerprint density at radius 1 is 1.07 bits per heavy atom. The lowest BCUT2D eigenvalue weighted by atomic mass is 10.1. The first-order valence-corrected chi connectivity index (χ1v) is 10.0. The van der Waals surface area contributed by atoms with Gasteiger partial charge in [0.2, 0.25) is 0 Å². The Hall–Kier alpha value is -3.09. The molecule has 0 saturated heterocycles. The second-order valence-electron chi connectivity index (χ2n) is 7.08. The Labute approximate surface area is 176 Å². The number of amides is 2. The lowest BCUT2D eigenvalue weighted by molar-refractivity contribution is -0.136. The number of carbonyl (C=O) groups excluding carboxylic acids is 2. The van der Waals surface area contributed by atoms with E-state index in [0.717, 1.165) is 24.8 Å². The minimum Gasteiger partial charge on any atom is -0.493 e. The maximum absolute atomic E-state index is 13.6. The number of rotatable bonds is 9. The molecule has 1 unspecified atom stereocenters. The zero-order valence-corrected chi connectivity index (χ0v) is 17.9. The van der Waals surface area contributed by atoms with E-state index in [2.05, 4.69) is 17.6 Å². The number of hydrogen-bond donors (Lipinski definition) is 2. The van der Waals surface area contributed by atoms with Gasteiger partial charge in [-0.25, -0.2) is 4.39 Å². The highest BCUT2D eigenvalue weighted by atomic mass is 19.1. The second kappa shape index (κ2) is 11.2. The van der Waals surface area contributed by atoms with E-state index < -0.39 is 23.7 Å². The third kappa shape index (κ3) is 6.47. The molecule has 0 aliphatic rings. The molecule has 0 bridgehead atoms. The van der Waals surface area contributed by atoms with Gasteiger partial charge in [-0.1, -0.05) is 31.9 Å². The minimum absolute atomic E-state index is 0.220. The van der Waals surface area contributed by atoms with Crippen molar-refractivity contribution >= 4 is 17.5 Å². The van der Waals surface area contributed by atoms with Gasteiger partial charge in [0.25, 0.3) is 0 Å². The van der Waals surface area contributed by atoms with Crippen molar-refractivity contribution in [1.82, 2.24) is 5.32 Å². The van der Waals surface area contributed by atoms with E-state index >= 15 is 0 Å². The van der Waals surface area contributed by atoms with E-state index in [-0.39, 0.29) is 5.69 Å². The topological polar surface area (TPSA) is 76.7 Å². The van der Waals surface area contributed by atoms with Gasteiger partial charge < -0.3 is 20.1 Å². The van der Waals surface area contributed by atoms with Crippen LogP contribution in [-0.2, 0) is 9.59 Å². The number of hydrogen-bond acceptors (Lipinski definition) is 4. The predicted molar refractivity (Wildman–Crippen MR) is 114 cm³/mol. The Kier molecular flexibility index (Phi) is 8.65. The number of ether oxygens (including phenoxy) is 2. The van der Waals surface area contributed by atoms with Gasteiger partial charge in [-0.15, -0.1) is 0 Å². The van der Waals surface area contributed by atoms with Crippen LogP contribution >= 0.6 is 0 Å². The van der Waals surface area contributed by atoms with Crippen LogP contribution in [0.4, 0.5) is 10.1 Å². The van der Waals surface area contributed by atoms with Crippen LogP contribution in [0, 0.1) is 12.7 Å². The van der Waals surface area contributed by atoms with Gasteiger partial charge in [0.15, 0.2) is 11.5 Å². The monoisotopic (exact) mass is 416 g/mol. The quantitative estimate of drug-likeness (QED) is 0.465. The van der Waals surface area contributed by atoms with Gasteiger partial charge in [0.1, 0.15) is 5.82 Å². The number of benzene rings is 2. The largest absolute Gasteiger partial charge is 0.493 e. The SMILES string of the molecule is CCCCCOc1ccc(C(C)NC(=O)C(=O)Nc2ccc(C)c(F)c2)cc1OC. The first-order valence-electron chi connectivity index (χ1n) is 10.0. The summed E-state index contributed by atoms with van der Waals surface area (Å²) in [4.78, 5) is 24.4. The number of unbranched alkanes of at least 4 members (excludes halogenated alkanes) is 2. The lowest BCUT2D eigenvalue weighted by Gasteiger charge is -2.17. The van der Waals surface area contributed by atoms with Crippen LogP contribution in [0.15, 0.2) is 36.4 Å². The molecule has 0 fully saturated rings. The summed E-state index contributed by atoms with van der Waals surface area (Å²) < 4.78 is 24.8. The average Bonchev–Trinajstić information content (AvgIpc) is 2.73. The number of aryl methyl sites for hydroxylation is 1. The molecule has 0 saturated carbocycles. The fraction of sp³-hybridized carbons (Fsp3) is 0.391. The molecule has 0 heterocycles. The molecule has 2 aromatic rings. The number of carbonyl (C=O) groups is 2. The molecule has 0 spiro atoms. The molecule has 6 nitrogen and oxygen atoms in total. The number of nitrogens with one attached hydrogen (secondary N) is 2. The summed E-state index contributed by atoms with van der Waals surface area (Å²) in [7, 11) is 1.55. The Morgan fingerprint density at radius 2 is 1.83 bits per heavy atom. The normalized spacial score (nSPS) is 11.5. The van der Waals surface area contributed by atoms with Crippen molar-refractivity contribution in [2.24, 2.45) is 0 Å². The van der Waals surface area contributed by atoms with Gasteiger partial charge in [0.05, 0.1) is 19.8 Å². The lowest BCUT2D eigenvalue weighted by Crippen LogP contribution is -2.36. The average molecular weight is 416 g/mol. The van der Waals surface area contributed by atoms with E-state index in [4.69, 9.17) is 9.47 Å². The maximum Gasteiger partial charge on any atom is 0.313 e. The van der Waals surface area contributed by atoms with E-state index in [1.807, 2.05) is 6.07 Å². The molecule has 0 radical (unpaired) electrons.